The maximum atomic E-state index is 12.4. The van der Waals surface area contributed by atoms with Crippen molar-refractivity contribution in [1.29, 1.82) is 0 Å². The molecule has 0 aliphatic carbocycles. The first kappa shape index (κ1) is 18.5. The molecule has 7 heteroatoms. The number of hydrogen-bond acceptors (Lipinski definition) is 4. The van der Waals surface area contributed by atoms with Gasteiger partial charge >= 0.3 is 12.1 Å². The van der Waals surface area contributed by atoms with E-state index in [4.69, 9.17) is 4.74 Å². The Balaban J connectivity index is 1.87. The number of nitrogens with zero attached hydrogens (tertiary/aromatic N) is 1. The smallest absolute Gasteiger partial charge is 0.407 e. The van der Waals surface area contributed by atoms with Gasteiger partial charge in [-0.15, -0.1) is 6.58 Å². The highest BCUT2D eigenvalue weighted by molar-refractivity contribution is 5.90. The minimum atomic E-state index is -1.27. The molecule has 134 valence electrons. The molecule has 1 atom stereocenters. The van der Waals surface area contributed by atoms with Crippen molar-refractivity contribution in [2.45, 2.75) is 31.4 Å². The van der Waals surface area contributed by atoms with Crippen LogP contribution in [-0.4, -0.2) is 46.6 Å². The van der Waals surface area contributed by atoms with Crippen molar-refractivity contribution in [3.63, 3.8) is 0 Å². The summed E-state index contributed by atoms with van der Waals surface area (Å²) in [6.45, 7) is 3.72. The summed E-state index contributed by atoms with van der Waals surface area (Å²) >= 11 is 0. The molecular formula is C18H22N2O5. The molecule has 0 unspecified atom stereocenters. The number of carbonyl (C=O) groups is 3. The molecule has 1 heterocycles. The predicted octanol–water partition coefficient (Wildman–Crippen LogP) is 1.93. The van der Waals surface area contributed by atoms with Gasteiger partial charge in [0.15, 0.2) is 0 Å². The van der Waals surface area contributed by atoms with E-state index in [0.29, 0.717) is 19.4 Å². The third kappa shape index (κ3) is 4.37. The van der Waals surface area contributed by atoms with Crippen molar-refractivity contribution in [3.8, 4) is 0 Å². The molecule has 0 spiro atoms. The van der Waals surface area contributed by atoms with Gasteiger partial charge in [-0.25, -0.2) is 9.59 Å². The summed E-state index contributed by atoms with van der Waals surface area (Å²) in [5.74, 6) is -1.50. The predicted molar refractivity (Wildman–Crippen MR) is 90.8 cm³/mol. The van der Waals surface area contributed by atoms with E-state index < -0.39 is 23.5 Å². The number of hydrogen-bond donors (Lipinski definition) is 2. The third-order valence-electron chi connectivity index (χ3n) is 4.27. The van der Waals surface area contributed by atoms with E-state index in [-0.39, 0.29) is 19.6 Å². The number of amides is 2. The molecule has 2 N–H and O–H groups in total. The van der Waals surface area contributed by atoms with Crippen LogP contribution in [0.15, 0.2) is 43.0 Å². The molecular weight excluding hydrogens is 324 g/mol. The Hall–Kier alpha value is -2.83. The number of aliphatic carboxylic acids is 1. The Bertz CT molecular complexity index is 646. The van der Waals surface area contributed by atoms with Gasteiger partial charge in [-0.2, -0.15) is 0 Å². The van der Waals surface area contributed by atoms with E-state index in [1.165, 1.54) is 11.0 Å². The summed E-state index contributed by atoms with van der Waals surface area (Å²) in [7, 11) is 0. The second-order valence-corrected chi connectivity index (χ2v) is 5.89. The van der Waals surface area contributed by atoms with Crippen LogP contribution in [0.25, 0.3) is 0 Å². The number of alkyl carbamates (subject to hydrolysis) is 1. The standard InChI is InChI=1S/C18H22N2O5/c1-2-9-18(16(22)23)10-6-11-20(18)15(21)12-19-17(24)25-13-14-7-4-3-5-8-14/h2-5,7-8H,1,6,9-13H2,(H,19,24)(H,22,23)/t18-/m0/s1. The van der Waals surface area contributed by atoms with Crippen molar-refractivity contribution < 1.29 is 24.2 Å². The zero-order valence-corrected chi connectivity index (χ0v) is 13.9. The average Bonchev–Trinajstić information content (AvgIpc) is 3.04. The Morgan fingerprint density at radius 3 is 2.68 bits per heavy atom. The van der Waals surface area contributed by atoms with E-state index in [0.717, 1.165) is 5.56 Å². The molecule has 7 nitrogen and oxygen atoms in total. The zero-order valence-electron chi connectivity index (χ0n) is 13.9. The van der Waals surface area contributed by atoms with Crippen LogP contribution in [0, 0.1) is 0 Å². The summed E-state index contributed by atoms with van der Waals surface area (Å²) in [5.41, 5.74) is -0.437. The quantitative estimate of drug-likeness (QED) is 0.736. The molecule has 1 fully saturated rings. The minimum absolute atomic E-state index is 0.0973. The molecule has 2 rings (SSSR count). The van der Waals surface area contributed by atoms with E-state index in [2.05, 4.69) is 11.9 Å². The summed E-state index contributed by atoms with van der Waals surface area (Å²) < 4.78 is 5.03. The van der Waals surface area contributed by atoms with E-state index in [9.17, 15) is 19.5 Å². The first-order chi connectivity index (χ1) is 12.0. The number of carboxylic acids is 1. The van der Waals surface area contributed by atoms with E-state index >= 15 is 0 Å². The Morgan fingerprint density at radius 2 is 2.04 bits per heavy atom. The molecule has 0 aromatic heterocycles. The van der Waals surface area contributed by atoms with Crippen molar-refractivity contribution in [3.05, 3.63) is 48.6 Å². The van der Waals surface area contributed by atoms with Crippen LogP contribution in [0.2, 0.25) is 0 Å². The lowest BCUT2D eigenvalue weighted by molar-refractivity contribution is -0.156. The van der Waals surface area contributed by atoms with Crippen LogP contribution in [0.1, 0.15) is 24.8 Å². The van der Waals surface area contributed by atoms with E-state index in [1.54, 1.807) is 0 Å². The van der Waals surface area contributed by atoms with Crippen molar-refractivity contribution >= 4 is 18.0 Å². The number of nitrogens with one attached hydrogen (secondary N) is 1. The second-order valence-electron chi connectivity index (χ2n) is 5.89. The lowest BCUT2D eigenvalue weighted by atomic mass is 9.92. The number of likely N-dealkylation sites (tertiary alicyclic amines) is 1. The molecule has 0 radical (unpaired) electrons. The summed E-state index contributed by atoms with van der Waals surface area (Å²) in [6.07, 6.45) is 1.93. The molecule has 2 amide bonds. The first-order valence-electron chi connectivity index (χ1n) is 8.09. The maximum absolute atomic E-state index is 12.4. The highest BCUT2D eigenvalue weighted by Gasteiger charge is 2.48. The average molecular weight is 346 g/mol. The van der Waals surface area contributed by atoms with Gasteiger partial charge in [0.2, 0.25) is 5.91 Å². The molecule has 0 bridgehead atoms. The van der Waals surface area contributed by atoms with Crippen LogP contribution in [0.4, 0.5) is 4.79 Å². The fourth-order valence-electron chi connectivity index (χ4n) is 3.02. The fraction of sp³-hybridized carbons (Fsp3) is 0.389. The molecule has 1 aromatic rings. The van der Waals surface area contributed by atoms with Crippen molar-refractivity contribution in [2.75, 3.05) is 13.1 Å². The molecule has 1 saturated heterocycles. The van der Waals surface area contributed by atoms with Gasteiger partial charge in [0.25, 0.3) is 0 Å². The van der Waals surface area contributed by atoms with Gasteiger partial charge in [-0.1, -0.05) is 36.4 Å². The lowest BCUT2D eigenvalue weighted by Crippen LogP contribution is -2.55. The number of carboxylic acid groups (broad SMARTS) is 1. The lowest BCUT2D eigenvalue weighted by Gasteiger charge is -2.34. The normalized spacial score (nSPS) is 19.3. The van der Waals surface area contributed by atoms with E-state index in [1.807, 2.05) is 30.3 Å². The van der Waals surface area contributed by atoms with Crippen molar-refractivity contribution in [1.82, 2.24) is 10.2 Å². The molecule has 25 heavy (non-hydrogen) atoms. The minimum Gasteiger partial charge on any atom is -0.479 e. The Kier molecular flexibility index (Phi) is 6.16. The summed E-state index contributed by atoms with van der Waals surface area (Å²) in [6, 6.07) is 9.16. The zero-order chi connectivity index (χ0) is 18.3. The highest BCUT2D eigenvalue weighted by atomic mass is 16.5. The Labute approximate surface area is 146 Å². The third-order valence-corrected chi connectivity index (χ3v) is 4.27. The highest BCUT2D eigenvalue weighted by Crippen LogP contribution is 2.33. The molecule has 1 aromatic carbocycles. The summed E-state index contributed by atoms with van der Waals surface area (Å²) in [4.78, 5) is 37.1. The number of rotatable bonds is 7. The van der Waals surface area contributed by atoms with Gasteiger partial charge in [-0.3, -0.25) is 4.79 Å². The first-order valence-corrected chi connectivity index (χ1v) is 8.09. The maximum Gasteiger partial charge on any atom is 0.407 e. The van der Waals surface area contributed by atoms with Gasteiger partial charge in [0.05, 0.1) is 0 Å². The number of ether oxygens (including phenoxy) is 1. The largest absolute Gasteiger partial charge is 0.479 e. The Morgan fingerprint density at radius 1 is 1.32 bits per heavy atom. The topological polar surface area (TPSA) is 95.9 Å². The van der Waals surface area contributed by atoms with Crippen LogP contribution in [0.5, 0.6) is 0 Å². The molecule has 1 aliphatic rings. The van der Waals surface area contributed by atoms with Gasteiger partial charge in [-0.05, 0) is 24.8 Å². The van der Waals surface area contributed by atoms with Crippen LogP contribution >= 0.6 is 0 Å². The van der Waals surface area contributed by atoms with Gasteiger partial charge in [0, 0.05) is 6.54 Å². The van der Waals surface area contributed by atoms with Crippen LogP contribution in [-0.2, 0) is 20.9 Å². The number of benzene rings is 1. The van der Waals surface area contributed by atoms with Gasteiger partial charge in [0.1, 0.15) is 18.7 Å². The van der Waals surface area contributed by atoms with Gasteiger partial charge < -0.3 is 20.1 Å². The number of carbonyl (C=O) groups excluding carboxylic acids is 2. The monoisotopic (exact) mass is 346 g/mol. The van der Waals surface area contributed by atoms with Crippen LogP contribution in [0.3, 0.4) is 0 Å². The molecule has 0 saturated carbocycles. The van der Waals surface area contributed by atoms with Crippen LogP contribution < -0.4 is 5.32 Å². The summed E-state index contributed by atoms with van der Waals surface area (Å²) in [5, 5.41) is 11.9. The second kappa shape index (κ2) is 8.32. The fourth-order valence-corrected chi connectivity index (χ4v) is 3.02. The molecule has 1 aliphatic heterocycles. The SMILES string of the molecule is C=CC[C@@]1(C(=O)O)CCCN1C(=O)CNC(=O)OCc1ccccc1. The van der Waals surface area contributed by atoms with Crippen molar-refractivity contribution in [2.24, 2.45) is 0 Å².